The Kier molecular flexibility index (Phi) is 8.42. The van der Waals surface area contributed by atoms with Crippen LogP contribution in [0.4, 0.5) is 0 Å². The molecular weight excluding hydrogens is 576 g/mol. The summed E-state index contributed by atoms with van der Waals surface area (Å²) >= 11 is 7.00. The number of ether oxygens (including phenoxy) is 4. The van der Waals surface area contributed by atoms with Crippen LogP contribution in [0.25, 0.3) is 0 Å². The maximum absolute atomic E-state index is 10.3. The van der Waals surface area contributed by atoms with E-state index in [1.807, 2.05) is 43.3 Å². The first-order valence-electron chi connectivity index (χ1n) is 11.6. The van der Waals surface area contributed by atoms with Crippen molar-refractivity contribution < 1.29 is 24.1 Å². The van der Waals surface area contributed by atoms with Crippen molar-refractivity contribution in [3.8, 4) is 17.2 Å². The molecule has 0 amide bonds. The first kappa shape index (κ1) is 26.0. The van der Waals surface area contributed by atoms with E-state index < -0.39 is 6.10 Å². The molecule has 0 saturated carbocycles. The normalized spacial score (nSPS) is 16.0. The Balaban J connectivity index is 1.29. The minimum atomic E-state index is -0.765. The summed E-state index contributed by atoms with van der Waals surface area (Å²) in [5, 5.41) is 10.3. The third-order valence-electron chi connectivity index (χ3n) is 6.00. The van der Waals surface area contributed by atoms with Crippen LogP contribution in [0.15, 0.2) is 69.6 Å². The summed E-state index contributed by atoms with van der Waals surface area (Å²) in [5.74, 6) is 2.22. The van der Waals surface area contributed by atoms with E-state index in [0.717, 1.165) is 26.9 Å². The van der Waals surface area contributed by atoms with Crippen molar-refractivity contribution in [1.29, 1.82) is 0 Å². The van der Waals surface area contributed by atoms with E-state index in [1.54, 1.807) is 0 Å². The molecule has 1 aliphatic heterocycles. The number of hydrogen-bond acceptors (Lipinski definition) is 5. The summed E-state index contributed by atoms with van der Waals surface area (Å²) in [7, 11) is 0. The molecule has 2 unspecified atom stereocenters. The lowest BCUT2D eigenvalue weighted by molar-refractivity contribution is 0.0621. The Bertz CT molecular complexity index is 1100. The Morgan fingerprint density at radius 1 is 0.886 bits per heavy atom. The van der Waals surface area contributed by atoms with Gasteiger partial charge in [0.25, 0.3) is 0 Å². The number of epoxide rings is 1. The highest BCUT2D eigenvalue weighted by atomic mass is 79.9. The van der Waals surface area contributed by atoms with E-state index in [1.165, 1.54) is 11.1 Å². The second kappa shape index (κ2) is 11.3. The molecule has 0 bridgehead atoms. The van der Waals surface area contributed by atoms with E-state index in [4.69, 9.17) is 18.9 Å². The molecule has 4 rings (SSSR count). The van der Waals surface area contributed by atoms with Crippen molar-refractivity contribution in [3.63, 3.8) is 0 Å². The number of rotatable bonds is 11. The van der Waals surface area contributed by atoms with Gasteiger partial charge in [0.15, 0.2) is 0 Å². The molecule has 7 heteroatoms. The highest BCUT2D eigenvalue weighted by Crippen LogP contribution is 2.35. The number of halogens is 2. The summed E-state index contributed by atoms with van der Waals surface area (Å²) in [5.41, 5.74) is 3.29. The van der Waals surface area contributed by atoms with E-state index >= 15 is 0 Å². The molecule has 3 aromatic carbocycles. The molecule has 1 fully saturated rings. The molecule has 1 heterocycles. The second-order valence-corrected chi connectivity index (χ2v) is 11.0. The van der Waals surface area contributed by atoms with E-state index in [0.29, 0.717) is 18.1 Å². The van der Waals surface area contributed by atoms with Gasteiger partial charge in [-0.25, -0.2) is 0 Å². The number of aryl methyl sites for hydroxylation is 1. The molecule has 186 valence electrons. The predicted octanol–water partition coefficient (Wildman–Crippen LogP) is 6.44. The summed E-state index contributed by atoms with van der Waals surface area (Å²) < 4.78 is 24.2. The van der Waals surface area contributed by atoms with Gasteiger partial charge in [-0.3, -0.25) is 0 Å². The maximum Gasteiger partial charge on any atom is 0.147 e. The summed E-state index contributed by atoms with van der Waals surface area (Å²) in [4.78, 5) is 0. The van der Waals surface area contributed by atoms with Gasteiger partial charge in [0.05, 0.1) is 15.6 Å². The minimum Gasteiger partial charge on any atom is -0.491 e. The van der Waals surface area contributed by atoms with Crippen molar-refractivity contribution in [1.82, 2.24) is 0 Å². The first-order chi connectivity index (χ1) is 16.7. The molecule has 1 N–H and O–H groups in total. The van der Waals surface area contributed by atoms with Gasteiger partial charge in [-0.2, -0.15) is 0 Å². The fourth-order valence-corrected chi connectivity index (χ4v) is 5.34. The van der Waals surface area contributed by atoms with Crippen LogP contribution in [0, 0.1) is 6.92 Å². The van der Waals surface area contributed by atoms with Gasteiger partial charge in [0, 0.05) is 5.41 Å². The largest absolute Gasteiger partial charge is 0.491 e. The summed E-state index contributed by atoms with van der Waals surface area (Å²) in [6.07, 6.45) is -0.517. The highest BCUT2D eigenvalue weighted by molar-refractivity contribution is 9.11. The molecule has 5 nitrogen and oxygen atoms in total. The molecule has 0 aromatic heterocycles. The van der Waals surface area contributed by atoms with Crippen molar-refractivity contribution in [3.05, 3.63) is 86.3 Å². The number of aliphatic hydroxyl groups is 1. The summed E-state index contributed by atoms with van der Waals surface area (Å²) in [6.45, 7) is 8.05. The van der Waals surface area contributed by atoms with Gasteiger partial charge < -0.3 is 24.1 Å². The number of aliphatic hydroxyl groups excluding tert-OH is 1. The fraction of sp³-hybridized carbons (Fsp3) is 0.357. The van der Waals surface area contributed by atoms with Crippen LogP contribution in [0.1, 0.15) is 30.5 Å². The van der Waals surface area contributed by atoms with Crippen molar-refractivity contribution in [2.75, 3.05) is 26.4 Å². The lowest BCUT2D eigenvalue weighted by atomic mass is 9.78. The van der Waals surface area contributed by atoms with Crippen molar-refractivity contribution in [2.45, 2.75) is 38.4 Å². The summed E-state index contributed by atoms with van der Waals surface area (Å²) in [6, 6.07) is 20.2. The zero-order valence-corrected chi connectivity index (χ0v) is 23.3. The van der Waals surface area contributed by atoms with Crippen LogP contribution in [-0.2, 0) is 10.2 Å². The standard InChI is InChI=1S/C28H30Br2O5/c1-18-12-25(29)27(26(30)13-18)35-15-21(31)14-32-22-8-4-19(5-9-22)28(2,3)20-6-10-23(11-7-20)33-16-24-17-34-24/h4-13,21,24,31H,14-17H2,1-3H3. The van der Waals surface area contributed by atoms with E-state index in [2.05, 4.69) is 70.0 Å². The number of benzene rings is 3. The quantitative estimate of drug-likeness (QED) is 0.255. The van der Waals surface area contributed by atoms with Crippen LogP contribution in [0.2, 0.25) is 0 Å². The van der Waals surface area contributed by atoms with Crippen LogP contribution in [-0.4, -0.2) is 43.7 Å². The molecule has 2 atom stereocenters. The third kappa shape index (κ3) is 7.00. The molecule has 0 radical (unpaired) electrons. The van der Waals surface area contributed by atoms with Crippen LogP contribution in [0.5, 0.6) is 17.2 Å². The molecule has 0 spiro atoms. The average Bonchev–Trinajstić information content (AvgIpc) is 3.66. The zero-order chi connectivity index (χ0) is 25.0. The van der Waals surface area contributed by atoms with Gasteiger partial charge in [-0.05, 0) is 91.9 Å². The Morgan fingerprint density at radius 2 is 1.37 bits per heavy atom. The molecule has 3 aromatic rings. The highest BCUT2D eigenvalue weighted by Gasteiger charge is 2.25. The van der Waals surface area contributed by atoms with Gasteiger partial charge in [0.1, 0.15) is 49.3 Å². The van der Waals surface area contributed by atoms with Crippen LogP contribution < -0.4 is 14.2 Å². The molecule has 1 aliphatic rings. The van der Waals surface area contributed by atoms with Crippen molar-refractivity contribution in [2.24, 2.45) is 0 Å². The first-order valence-corrected chi connectivity index (χ1v) is 13.2. The maximum atomic E-state index is 10.3. The lowest BCUT2D eigenvalue weighted by Gasteiger charge is -2.26. The smallest absolute Gasteiger partial charge is 0.147 e. The van der Waals surface area contributed by atoms with E-state index in [-0.39, 0.29) is 24.7 Å². The molecule has 35 heavy (non-hydrogen) atoms. The Hall–Kier alpha value is -2.06. The van der Waals surface area contributed by atoms with E-state index in [9.17, 15) is 5.11 Å². The topological polar surface area (TPSA) is 60.5 Å². The van der Waals surface area contributed by atoms with Gasteiger partial charge in [-0.15, -0.1) is 0 Å². The fourth-order valence-electron chi connectivity index (χ4n) is 3.70. The molecule has 1 saturated heterocycles. The van der Waals surface area contributed by atoms with Gasteiger partial charge in [-0.1, -0.05) is 38.1 Å². The average molecular weight is 606 g/mol. The monoisotopic (exact) mass is 604 g/mol. The Labute approximate surface area is 223 Å². The SMILES string of the molecule is Cc1cc(Br)c(OCC(O)COc2ccc(C(C)(C)c3ccc(OCC4CO4)cc3)cc2)c(Br)c1. The molecular formula is C28H30Br2O5. The van der Waals surface area contributed by atoms with Gasteiger partial charge >= 0.3 is 0 Å². The Morgan fingerprint density at radius 3 is 1.89 bits per heavy atom. The lowest BCUT2D eigenvalue weighted by Crippen LogP contribution is -2.25. The third-order valence-corrected chi connectivity index (χ3v) is 7.17. The molecule has 0 aliphatic carbocycles. The van der Waals surface area contributed by atoms with Crippen LogP contribution >= 0.6 is 31.9 Å². The number of hydrogen-bond donors (Lipinski definition) is 1. The van der Waals surface area contributed by atoms with Gasteiger partial charge in [0.2, 0.25) is 0 Å². The zero-order valence-electron chi connectivity index (χ0n) is 20.1. The second-order valence-electron chi connectivity index (χ2n) is 9.27. The van der Waals surface area contributed by atoms with Crippen molar-refractivity contribution >= 4 is 31.9 Å². The van der Waals surface area contributed by atoms with Crippen LogP contribution in [0.3, 0.4) is 0 Å². The predicted molar refractivity (Wildman–Crippen MR) is 144 cm³/mol. The minimum absolute atomic E-state index is 0.124.